The average Bonchev–Trinajstić information content (AvgIpc) is 2.85. The van der Waals surface area contributed by atoms with Gasteiger partial charge in [0.15, 0.2) is 0 Å². The molecule has 4 rings (SSSR count). The van der Waals surface area contributed by atoms with Crippen LogP contribution in [0.2, 0.25) is 0 Å². The Morgan fingerprint density at radius 3 is 1.00 bits per heavy atom. The first-order valence-electron chi connectivity index (χ1n) is 10.0. The number of hydrogen-bond donors (Lipinski definition) is 0. The summed E-state index contributed by atoms with van der Waals surface area (Å²) in [5, 5.41) is 0. The van der Waals surface area contributed by atoms with E-state index >= 15 is 0 Å². The molecule has 0 atom stereocenters. The van der Waals surface area contributed by atoms with Gasteiger partial charge in [-0.15, -0.1) is 0 Å². The highest BCUT2D eigenvalue weighted by atomic mass is 32.2. The summed E-state index contributed by atoms with van der Waals surface area (Å²) in [6.45, 7) is 0. The van der Waals surface area contributed by atoms with Gasteiger partial charge in [0.25, 0.3) is 0 Å². The first kappa shape index (κ1) is 24.5. The minimum Gasteiger partial charge on any atom is -0.379 e. The van der Waals surface area contributed by atoms with Crippen molar-refractivity contribution in [3.8, 4) is 11.5 Å². The summed E-state index contributed by atoms with van der Waals surface area (Å²) in [6.07, 6.45) is 0. The van der Waals surface area contributed by atoms with Crippen molar-refractivity contribution in [3.63, 3.8) is 0 Å². The molecule has 180 valence electrons. The highest BCUT2D eigenvalue weighted by Gasteiger charge is 2.21. The molecule has 0 aliphatic rings. The van der Waals surface area contributed by atoms with E-state index in [0.717, 1.165) is 0 Å². The quantitative estimate of drug-likeness (QED) is 0.313. The molecule has 0 saturated carbocycles. The first-order chi connectivity index (χ1) is 16.6. The Morgan fingerprint density at radius 1 is 0.371 bits per heavy atom. The lowest BCUT2D eigenvalue weighted by molar-refractivity contribution is 0.484. The second kappa shape index (κ2) is 9.53. The predicted octanol–water partition coefficient (Wildman–Crippen LogP) is 4.05. The molecule has 0 aliphatic carbocycles. The Labute approximate surface area is 203 Å². The van der Waals surface area contributed by atoms with Gasteiger partial charge in [-0.1, -0.05) is 36.4 Å². The van der Waals surface area contributed by atoms with Gasteiger partial charge in [0.1, 0.15) is 21.3 Å². The van der Waals surface area contributed by atoms with Crippen LogP contribution < -0.4 is 8.37 Å². The Morgan fingerprint density at radius 2 is 0.686 bits per heavy atom. The molecule has 0 N–H and O–H groups in total. The van der Waals surface area contributed by atoms with Crippen molar-refractivity contribution in [1.29, 1.82) is 0 Å². The molecule has 0 spiro atoms. The van der Waals surface area contributed by atoms with Crippen molar-refractivity contribution in [2.75, 3.05) is 0 Å². The van der Waals surface area contributed by atoms with Gasteiger partial charge < -0.3 is 8.37 Å². The van der Waals surface area contributed by atoms with Crippen LogP contribution in [0.1, 0.15) is 0 Å². The molecule has 35 heavy (non-hydrogen) atoms. The van der Waals surface area contributed by atoms with Gasteiger partial charge in [-0.3, -0.25) is 0 Å². The normalized spacial score (nSPS) is 12.1. The van der Waals surface area contributed by atoms with E-state index in [1.807, 2.05) is 0 Å². The molecule has 0 aromatic heterocycles. The van der Waals surface area contributed by atoms with E-state index < -0.39 is 30.1 Å². The molecule has 4 aromatic carbocycles. The second-order valence-corrected chi connectivity index (χ2v) is 12.2. The molecule has 0 unspecified atom stereocenters. The maximum absolute atomic E-state index is 13.0. The minimum absolute atomic E-state index is 0.0340. The zero-order valence-electron chi connectivity index (χ0n) is 17.9. The Balaban J connectivity index is 1.51. The zero-order valence-corrected chi connectivity index (χ0v) is 20.3. The van der Waals surface area contributed by atoms with Gasteiger partial charge in [-0.05, 0) is 72.8 Å². The molecule has 11 heteroatoms. The fraction of sp³-hybridized carbons (Fsp3) is 0. The van der Waals surface area contributed by atoms with Crippen LogP contribution in [0.15, 0.2) is 129 Å². The summed E-state index contributed by atoms with van der Waals surface area (Å²) in [6, 6.07) is 24.9. The van der Waals surface area contributed by atoms with Gasteiger partial charge in [0.2, 0.25) is 9.84 Å². The smallest absolute Gasteiger partial charge is 0.339 e. The summed E-state index contributed by atoms with van der Waals surface area (Å²) in [7, 11) is -12.1. The average molecular weight is 531 g/mol. The number of benzene rings is 4. The fourth-order valence-electron chi connectivity index (χ4n) is 3.01. The summed E-state index contributed by atoms with van der Waals surface area (Å²) in [5.41, 5.74) is 0. The summed E-state index contributed by atoms with van der Waals surface area (Å²) < 4.78 is 85.4. The van der Waals surface area contributed by atoms with Crippen LogP contribution in [-0.4, -0.2) is 25.3 Å². The summed E-state index contributed by atoms with van der Waals surface area (Å²) in [5.74, 6) is -0.106. The topological polar surface area (TPSA) is 121 Å². The van der Waals surface area contributed by atoms with Crippen molar-refractivity contribution >= 4 is 30.1 Å². The molecular formula is C24H18O8S3. The van der Waals surface area contributed by atoms with E-state index in [0.29, 0.717) is 0 Å². The van der Waals surface area contributed by atoms with Crippen molar-refractivity contribution in [2.45, 2.75) is 19.6 Å². The molecule has 0 saturated heterocycles. The van der Waals surface area contributed by atoms with E-state index in [-0.39, 0.29) is 31.1 Å². The lowest BCUT2D eigenvalue weighted by Gasteiger charge is -2.10. The second-order valence-electron chi connectivity index (χ2n) is 7.15. The lowest BCUT2D eigenvalue weighted by Crippen LogP contribution is -2.10. The number of hydrogen-bond acceptors (Lipinski definition) is 8. The molecule has 8 nitrogen and oxygen atoms in total. The largest absolute Gasteiger partial charge is 0.379 e. The number of sulfone groups is 1. The van der Waals surface area contributed by atoms with E-state index in [2.05, 4.69) is 0 Å². The van der Waals surface area contributed by atoms with E-state index in [1.165, 1.54) is 72.8 Å². The Kier molecular flexibility index (Phi) is 6.66. The van der Waals surface area contributed by atoms with Gasteiger partial charge >= 0.3 is 20.2 Å². The van der Waals surface area contributed by atoms with Crippen LogP contribution in [0, 0.1) is 0 Å². The minimum atomic E-state index is -4.07. The predicted molar refractivity (Wildman–Crippen MR) is 127 cm³/mol. The molecule has 0 heterocycles. The van der Waals surface area contributed by atoms with Gasteiger partial charge in [-0.25, -0.2) is 8.42 Å². The lowest BCUT2D eigenvalue weighted by atomic mass is 10.3. The van der Waals surface area contributed by atoms with E-state index in [1.54, 1.807) is 36.4 Å². The maximum atomic E-state index is 13.0. The molecule has 0 radical (unpaired) electrons. The maximum Gasteiger partial charge on any atom is 0.339 e. The van der Waals surface area contributed by atoms with Crippen LogP contribution >= 0.6 is 0 Å². The monoisotopic (exact) mass is 530 g/mol. The standard InChI is InChI=1S/C24H18O8S3/c25-33(26,21-15-11-19(12-16-21)31-34(27,28)23-7-3-1-4-8-23)22-17-13-20(14-18-22)32-35(29,30)24-9-5-2-6-10-24/h1-18H. The highest BCUT2D eigenvalue weighted by molar-refractivity contribution is 7.91. The van der Waals surface area contributed by atoms with Crippen LogP contribution in [0.4, 0.5) is 0 Å². The molecule has 0 bridgehead atoms. The van der Waals surface area contributed by atoms with Crippen LogP contribution in [0.3, 0.4) is 0 Å². The zero-order chi connectivity index (χ0) is 25.1. The SMILES string of the molecule is O=S(=O)(Oc1ccc(S(=O)(=O)c2ccc(OS(=O)(=O)c3ccccc3)cc2)cc1)c1ccccc1. The summed E-state index contributed by atoms with van der Waals surface area (Å²) in [4.78, 5) is -0.276. The molecule has 0 fully saturated rings. The number of rotatable bonds is 8. The fourth-order valence-corrected chi connectivity index (χ4v) is 6.17. The molecule has 0 aliphatic heterocycles. The van der Waals surface area contributed by atoms with Gasteiger partial charge in [-0.2, -0.15) is 16.8 Å². The third-order valence-corrected chi connectivity index (χ3v) is 9.05. The van der Waals surface area contributed by atoms with Crippen LogP contribution in [0.5, 0.6) is 11.5 Å². The summed E-state index contributed by atoms with van der Waals surface area (Å²) >= 11 is 0. The van der Waals surface area contributed by atoms with Crippen molar-refractivity contribution in [1.82, 2.24) is 0 Å². The third kappa shape index (κ3) is 5.53. The van der Waals surface area contributed by atoms with Crippen molar-refractivity contribution in [2.24, 2.45) is 0 Å². The highest BCUT2D eigenvalue weighted by Crippen LogP contribution is 2.27. The van der Waals surface area contributed by atoms with Gasteiger partial charge in [0, 0.05) is 0 Å². The molecular weight excluding hydrogens is 512 g/mol. The van der Waals surface area contributed by atoms with Gasteiger partial charge in [0.05, 0.1) is 9.79 Å². The van der Waals surface area contributed by atoms with E-state index in [4.69, 9.17) is 8.37 Å². The van der Waals surface area contributed by atoms with Crippen LogP contribution in [0.25, 0.3) is 0 Å². The van der Waals surface area contributed by atoms with E-state index in [9.17, 15) is 25.3 Å². The Bertz CT molecular complexity index is 1510. The van der Waals surface area contributed by atoms with Crippen molar-refractivity contribution in [3.05, 3.63) is 109 Å². The first-order valence-corrected chi connectivity index (χ1v) is 14.3. The molecule has 0 amide bonds. The van der Waals surface area contributed by atoms with Crippen molar-refractivity contribution < 1.29 is 33.6 Å². The van der Waals surface area contributed by atoms with Crippen LogP contribution in [-0.2, 0) is 30.1 Å². The third-order valence-electron chi connectivity index (χ3n) is 4.74. The molecule has 4 aromatic rings. The Hall–Kier alpha value is -3.67.